The number of amidine groups is 1. The lowest BCUT2D eigenvalue weighted by atomic mass is 10.1. The van der Waals surface area contributed by atoms with Crippen LogP contribution in [0.3, 0.4) is 0 Å². The number of aryl methyl sites for hydroxylation is 1. The van der Waals surface area contributed by atoms with Gasteiger partial charge in [0.1, 0.15) is 11.5 Å². The fourth-order valence-corrected chi connectivity index (χ4v) is 2.53. The molecular formula is C15H17N5. The number of rotatable bonds is 2. The fraction of sp³-hybridized carbons (Fsp3) is 0.267. The van der Waals surface area contributed by atoms with Gasteiger partial charge in [0.15, 0.2) is 0 Å². The Kier molecular flexibility index (Phi) is 3.33. The first-order chi connectivity index (χ1) is 9.75. The molecule has 3 N–H and O–H groups in total. The van der Waals surface area contributed by atoms with E-state index in [1.807, 2.05) is 6.07 Å². The standard InChI is InChI=1S/C15H17N5/c16-14(17)12-8-9-18-15(19-12)20-10-4-3-6-11-5-1-2-7-13(11)20/h1-2,5,7-9H,3-4,6,10H2,(H3,16,17). The Hall–Kier alpha value is -2.43. The summed E-state index contributed by atoms with van der Waals surface area (Å²) in [7, 11) is 0. The van der Waals surface area contributed by atoms with Gasteiger partial charge < -0.3 is 10.6 Å². The van der Waals surface area contributed by atoms with Crippen molar-refractivity contribution in [3.8, 4) is 0 Å². The molecule has 1 aliphatic rings. The van der Waals surface area contributed by atoms with Crippen LogP contribution in [-0.4, -0.2) is 22.3 Å². The molecule has 0 saturated heterocycles. The molecule has 102 valence electrons. The van der Waals surface area contributed by atoms with Gasteiger partial charge in [0.2, 0.25) is 5.95 Å². The lowest BCUT2D eigenvalue weighted by Gasteiger charge is -2.22. The number of fused-ring (bicyclic) bond motifs is 1. The van der Waals surface area contributed by atoms with Crippen molar-refractivity contribution >= 4 is 17.5 Å². The van der Waals surface area contributed by atoms with Crippen LogP contribution in [0.25, 0.3) is 0 Å². The number of nitrogen functional groups attached to an aromatic ring is 1. The first kappa shape index (κ1) is 12.6. The molecule has 2 heterocycles. The van der Waals surface area contributed by atoms with Gasteiger partial charge in [0.25, 0.3) is 0 Å². The van der Waals surface area contributed by atoms with Crippen LogP contribution in [0.5, 0.6) is 0 Å². The van der Waals surface area contributed by atoms with E-state index in [1.165, 1.54) is 12.0 Å². The highest BCUT2D eigenvalue weighted by molar-refractivity contribution is 5.93. The third kappa shape index (κ3) is 2.34. The minimum absolute atomic E-state index is 0.0308. The highest BCUT2D eigenvalue weighted by Gasteiger charge is 2.18. The topological polar surface area (TPSA) is 78.9 Å². The Bertz CT molecular complexity index is 638. The van der Waals surface area contributed by atoms with Crippen molar-refractivity contribution in [1.29, 1.82) is 5.41 Å². The number of nitrogens with two attached hydrogens (primary N) is 1. The second-order valence-electron chi connectivity index (χ2n) is 4.89. The zero-order valence-corrected chi connectivity index (χ0v) is 11.2. The van der Waals surface area contributed by atoms with Crippen LogP contribution in [0, 0.1) is 5.41 Å². The Morgan fingerprint density at radius 3 is 2.90 bits per heavy atom. The van der Waals surface area contributed by atoms with E-state index in [2.05, 4.69) is 33.1 Å². The molecule has 0 unspecified atom stereocenters. The molecule has 0 bridgehead atoms. The van der Waals surface area contributed by atoms with Crippen LogP contribution in [0.15, 0.2) is 36.5 Å². The van der Waals surface area contributed by atoms with E-state index < -0.39 is 0 Å². The summed E-state index contributed by atoms with van der Waals surface area (Å²) >= 11 is 0. The molecule has 1 aromatic heterocycles. The monoisotopic (exact) mass is 267 g/mol. The third-order valence-electron chi connectivity index (χ3n) is 3.52. The molecule has 0 atom stereocenters. The maximum Gasteiger partial charge on any atom is 0.230 e. The summed E-state index contributed by atoms with van der Waals surface area (Å²) in [6.45, 7) is 0.887. The summed E-state index contributed by atoms with van der Waals surface area (Å²) in [5.41, 5.74) is 8.46. The van der Waals surface area contributed by atoms with Crippen LogP contribution in [0.1, 0.15) is 24.1 Å². The Balaban J connectivity index is 2.05. The molecule has 1 aliphatic heterocycles. The van der Waals surface area contributed by atoms with Gasteiger partial charge in [0, 0.05) is 18.4 Å². The Morgan fingerprint density at radius 1 is 1.20 bits per heavy atom. The maximum atomic E-state index is 7.50. The third-order valence-corrected chi connectivity index (χ3v) is 3.52. The van der Waals surface area contributed by atoms with E-state index in [9.17, 15) is 0 Å². The zero-order valence-electron chi connectivity index (χ0n) is 11.2. The predicted molar refractivity (Wildman–Crippen MR) is 79.4 cm³/mol. The van der Waals surface area contributed by atoms with Crippen LogP contribution in [0.2, 0.25) is 0 Å². The van der Waals surface area contributed by atoms with Crippen molar-refractivity contribution in [2.45, 2.75) is 19.3 Å². The van der Waals surface area contributed by atoms with Gasteiger partial charge in [-0.05, 0) is 37.0 Å². The van der Waals surface area contributed by atoms with Crippen LogP contribution >= 0.6 is 0 Å². The van der Waals surface area contributed by atoms with Gasteiger partial charge in [0.05, 0.1) is 0 Å². The SMILES string of the molecule is N=C(N)c1ccnc(N2CCCCc3ccccc32)n1. The number of anilines is 2. The van der Waals surface area contributed by atoms with Crippen molar-refractivity contribution in [3.63, 3.8) is 0 Å². The van der Waals surface area contributed by atoms with Crippen molar-refractivity contribution in [1.82, 2.24) is 9.97 Å². The number of nitrogens with one attached hydrogen (secondary N) is 1. The highest BCUT2D eigenvalue weighted by Crippen LogP contribution is 2.30. The van der Waals surface area contributed by atoms with E-state index >= 15 is 0 Å². The van der Waals surface area contributed by atoms with Crippen molar-refractivity contribution < 1.29 is 0 Å². The lowest BCUT2D eigenvalue weighted by molar-refractivity contribution is 0.752. The van der Waals surface area contributed by atoms with E-state index in [0.29, 0.717) is 11.6 Å². The average molecular weight is 267 g/mol. The number of hydrogen-bond acceptors (Lipinski definition) is 4. The molecule has 5 nitrogen and oxygen atoms in total. The molecule has 0 amide bonds. The molecule has 1 aromatic carbocycles. The first-order valence-corrected chi connectivity index (χ1v) is 6.78. The molecule has 5 heteroatoms. The maximum absolute atomic E-state index is 7.50. The van der Waals surface area contributed by atoms with Gasteiger partial charge in [-0.15, -0.1) is 0 Å². The average Bonchev–Trinajstić information content (AvgIpc) is 2.69. The first-order valence-electron chi connectivity index (χ1n) is 6.78. The molecule has 20 heavy (non-hydrogen) atoms. The zero-order chi connectivity index (χ0) is 13.9. The molecule has 0 saturated carbocycles. The van der Waals surface area contributed by atoms with E-state index in [-0.39, 0.29) is 5.84 Å². The van der Waals surface area contributed by atoms with Crippen LogP contribution in [-0.2, 0) is 6.42 Å². The summed E-state index contributed by atoms with van der Waals surface area (Å²) in [5, 5.41) is 7.50. The summed E-state index contributed by atoms with van der Waals surface area (Å²) in [6.07, 6.45) is 5.01. The van der Waals surface area contributed by atoms with E-state index in [4.69, 9.17) is 11.1 Å². The number of aromatic nitrogens is 2. The van der Waals surface area contributed by atoms with Gasteiger partial charge in [-0.3, -0.25) is 5.41 Å². The second-order valence-corrected chi connectivity index (χ2v) is 4.89. The molecule has 0 radical (unpaired) electrons. The number of para-hydroxylation sites is 1. The number of hydrogen-bond donors (Lipinski definition) is 2. The second kappa shape index (κ2) is 5.28. The molecular weight excluding hydrogens is 250 g/mol. The summed E-state index contributed by atoms with van der Waals surface area (Å²) in [6, 6.07) is 10.0. The van der Waals surface area contributed by atoms with Gasteiger partial charge in [-0.2, -0.15) is 0 Å². The van der Waals surface area contributed by atoms with Crippen LogP contribution in [0.4, 0.5) is 11.6 Å². The lowest BCUT2D eigenvalue weighted by Crippen LogP contribution is -2.22. The van der Waals surface area contributed by atoms with Crippen molar-refractivity contribution in [2.24, 2.45) is 5.73 Å². The Morgan fingerprint density at radius 2 is 2.05 bits per heavy atom. The van der Waals surface area contributed by atoms with Crippen LogP contribution < -0.4 is 10.6 Å². The molecule has 0 fully saturated rings. The van der Waals surface area contributed by atoms with Crippen molar-refractivity contribution in [2.75, 3.05) is 11.4 Å². The smallest absolute Gasteiger partial charge is 0.230 e. The number of benzene rings is 1. The summed E-state index contributed by atoms with van der Waals surface area (Å²) in [4.78, 5) is 10.9. The van der Waals surface area contributed by atoms with E-state index in [0.717, 1.165) is 25.1 Å². The van der Waals surface area contributed by atoms with E-state index in [1.54, 1.807) is 12.3 Å². The summed E-state index contributed by atoms with van der Waals surface area (Å²) in [5.74, 6) is 0.587. The predicted octanol–water partition coefficient (Wildman–Crippen LogP) is 2.24. The quantitative estimate of drug-likeness (QED) is 0.646. The molecule has 0 aliphatic carbocycles. The van der Waals surface area contributed by atoms with Crippen molar-refractivity contribution in [3.05, 3.63) is 47.8 Å². The molecule has 3 rings (SSSR count). The Labute approximate surface area is 118 Å². The van der Waals surface area contributed by atoms with Gasteiger partial charge in [-0.25, -0.2) is 9.97 Å². The largest absolute Gasteiger partial charge is 0.382 e. The normalized spacial score (nSPS) is 14.5. The minimum Gasteiger partial charge on any atom is -0.382 e. The number of nitrogens with zero attached hydrogens (tertiary/aromatic N) is 3. The molecule has 2 aromatic rings. The summed E-state index contributed by atoms with van der Waals surface area (Å²) < 4.78 is 0. The highest BCUT2D eigenvalue weighted by atomic mass is 15.3. The minimum atomic E-state index is -0.0308. The van der Waals surface area contributed by atoms with Gasteiger partial charge >= 0.3 is 0 Å². The molecule has 0 spiro atoms. The van der Waals surface area contributed by atoms with Gasteiger partial charge in [-0.1, -0.05) is 18.2 Å². The fourth-order valence-electron chi connectivity index (χ4n) is 2.53.